The van der Waals surface area contributed by atoms with Crippen molar-refractivity contribution < 1.29 is 13.4 Å². The molecule has 24 heavy (non-hydrogen) atoms. The van der Waals surface area contributed by atoms with E-state index in [0.29, 0.717) is 16.7 Å². The van der Waals surface area contributed by atoms with Crippen molar-refractivity contribution in [1.29, 1.82) is 0 Å². The Morgan fingerprint density at radius 2 is 1.58 bits per heavy atom. The Labute approximate surface area is 149 Å². The van der Waals surface area contributed by atoms with Crippen molar-refractivity contribution in [3.63, 3.8) is 0 Å². The molecule has 0 aliphatic carbocycles. The molecule has 0 aromatic heterocycles. The number of rotatable bonds is 3. The molecule has 124 valence electrons. The van der Waals surface area contributed by atoms with E-state index in [1.807, 2.05) is 76.2 Å². The van der Waals surface area contributed by atoms with Crippen LogP contribution in [0.2, 0.25) is 0 Å². The average molecular weight is 323 g/mol. The molecule has 0 amide bonds. The molecule has 3 rings (SSSR count). The van der Waals surface area contributed by atoms with Crippen molar-refractivity contribution in [3.05, 3.63) is 65.6 Å². The quantitative estimate of drug-likeness (QED) is 0.713. The van der Waals surface area contributed by atoms with Gasteiger partial charge in [0.2, 0.25) is 0 Å². The van der Waals surface area contributed by atoms with Gasteiger partial charge >= 0.3 is 7.12 Å². The van der Waals surface area contributed by atoms with Crippen LogP contribution in [0, 0.1) is 6.85 Å². The summed E-state index contributed by atoms with van der Waals surface area (Å²) < 4.78 is 36.1. The van der Waals surface area contributed by atoms with Crippen LogP contribution >= 0.6 is 0 Å². The third-order valence-electron chi connectivity index (χ3n) is 4.89. The smallest absolute Gasteiger partial charge is 0.400 e. The van der Waals surface area contributed by atoms with Crippen LogP contribution in [0.15, 0.2) is 54.5 Å². The molecule has 0 saturated carbocycles. The fourth-order valence-electron chi connectivity index (χ4n) is 2.72. The van der Waals surface area contributed by atoms with Crippen LogP contribution in [0.1, 0.15) is 42.9 Å². The van der Waals surface area contributed by atoms with Crippen LogP contribution in [0.3, 0.4) is 0 Å². The normalized spacial score (nSPS) is 21.5. The average Bonchev–Trinajstić information content (AvgIpc) is 2.79. The molecular weight excluding hydrogens is 295 g/mol. The molecule has 1 aliphatic rings. The van der Waals surface area contributed by atoms with Gasteiger partial charge in [0.1, 0.15) is 0 Å². The Kier molecular flexibility index (Phi) is 3.49. The van der Waals surface area contributed by atoms with Gasteiger partial charge in [-0.25, -0.2) is 0 Å². The highest BCUT2D eigenvalue weighted by Crippen LogP contribution is 2.37. The lowest BCUT2D eigenvalue weighted by Gasteiger charge is -2.32. The highest BCUT2D eigenvalue weighted by atomic mass is 16.7. The Bertz CT molecular complexity index is 826. The van der Waals surface area contributed by atoms with Crippen molar-refractivity contribution in [2.45, 2.75) is 45.7 Å². The molecule has 0 radical (unpaired) electrons. The van der Waals surface area contributed by atoms with Gasteiger partial charge in [-0.2, -0.15) is 0 Å². The van der Waals surface area contributed by atoms with Crippen molar-refractivity contribution in [2.24, 2.45) is 0 Å². The first-order chi connectivity index (χ1) is 12.5. The Morgan fingerprint density at radius 1 is 0.917 bits per heavy atom. The van der Waals surface area contributed by atoms with Gasteiger partial charge in [0.05, 0.1) is 11.2 Å². The zero-order valence-corrected chi connectivity index (χ0v) is 14.7. The van der Waals surface area contributed by atoms with E-state index in [4.69, 9.17) is 13.4 Å². The van der Waals surface area contributed by atoms with Gasteiger partial charge in [-0.05, 0) is 56.8 Å². The van der Waals surface area contributed by atoms with E-state index < -0.39 is 25.2 Å². The molecule has 0 unspecified atom stereocenters. The first-order valence-corrected chi connectivity index (χ1v) is 8.24. The minimum absolute atomic E-state index is 0.337. The highest BCUT2D eigenvalue weighted by molar-refractivity contribution is 6.52. The maximum Gasteiger partial charge on any atom is 0.487 e. The monoisotopic (exact) mass is 323 g/mol. The van der Waals surface area contributed by atoms with E-state index in [2.05, 4.69) is 0 Å². The molecule has 1 saturated heterocycles. The summed E-state index contributed by atoms with van der Waals surface area (Å²) in [5, 5.41) is 0. The van der Waals surface area contributed by atoms with E-state index in [-0.39, 0.29) is 0 Å². The predicted octanol–water partition coefficient (Wildman–Crippen LogP) is 5.31. The maximum atomic E-state index is 8.05. The Balaban J connectivity index is 2.00. The van der Waals surface area contributed by atoms with E-state index in [0.717, 1.165) is 5.56 Å². The summed E-state index contributed by atoms with van der Waals surface area (Å²) in [5.74, 6) is 1.79. The number of hydrogen-bond acceptors (Lipinski definition) is 2. The third-order valence-corrected chi connectivity index (χ3v) is 4.89. The van der Waals surface area contributed by atoms with Crippen molar-refractivity contribution in [2.75, 3.05) is 0 Å². The number of benzene rings is 2. The summed E-state index contributed by atoms with van der Waals surface area (Å²) in [6.07, 6.45) is 1.79. The first kappa shape index (κ1) is 13.5. The Morgan fingerprint density at radius 3 is 2.21 bits per heavy atom. The molecule has 0 bridgehead atoms. The van der Waals surface area contributed by atoms with Crippen LogP contribution < -0.4 is 0 Å². The summed E-state index contributed by atoms with van der Waals surface area (Å²) >= 11 is 0. The fraction of sp³-hybridized carbons (Fsp3) is 0.333. The van der Waals surface area contributed by atoms with Gasteiger partial charge in [0.15, 0.2) is 0 Å². The summed E-state index contributed by atoms with van der Waals surface area (Å²) in [7, 11) is -0.514. The second-order valence-electron chi connectivity index (χ2n) is 7.12. The zero-order valence-electron chi connectivity index (χ0n) is 17.7. The summed E-state index contributed by atoms with van der Waals surface area (Å²) in [6, 6.07) is 15.1. The molecule has 2 aromatic carbocycles. The van der Waals surface area contributed by atoms with Crippen molar-refractivity contribution in [1.82, 2.24) is 0 Å². The van der Waals surface area contributed by atoms with Crippen LogP contribution in [-0.2, 0) is 9.31 Å². The minimum Gasteiger partial charge on any atom is -0.400 e. The second kappa shape index (κ2) is 6.23. The minimum atomic E-state index is -2.23. The van der Waals surface area contributed by atoms with Crippen LogP contribution in [0.25, 0.3) is 17.2 Å². The van der Waals surface area contributed by atoms with E-state index in [9.17, 15) is 0 Å². The van der Waals surface area contributed by atoms with Gasteiger partial charge in [-0.15, -0.1) is 0 Å². The van der Waals surface area contributed by atoms with Crippen molar-refractivity contribution in [3.8, 4) is 11.1 Å². The molecule has 1 heterocycles. The molecule has 2 nitrogen and oxygen atoms in total. The lowest BCUT2D eigenvalue weighted by molar-refractivity contribution is 0.00578. The SMILES string of the molecule is [2H]C([2H])([2H])c1c(/C=C/B2OC(C)(C)C(C)(C)O2)cccc1-c1ccccc1. The van der Waals surface area contributed by atoms with Crippen LogP contribution in [-0.4, -0.2) is 18.3 Å². The number of hydrogen-bond donors (Lipinski definition) is 0. The second-order valence-corrected chi connectivity index (χ2v) is 7.12. The fourth-order valence-corrected chi connectivity index (χ4v) is 2.72. The summed E-state index contributed by atoms with van der Waals surface area (Å²) in [4.78, 5) is 0. The molecule has 0 atom stereocenters. The van der Waals surface area contributed by atoms with E-state index >= 15 is 0 Å². The van der Waals surface area contributed by atoms with Gasteiger partial charge in [0.25, 0.3) is 0 Å². The third kappa shape index (κ3) is 3.19. The van der Waals surface area contributed by atoms with Crippen LogP contribution in [0.5, 0.6) is 0 Å². The maximum absolute atomic E-state index is 8.05. The molecule has 1 fully saturated rings. The van der Waals surface area contributed by atoms with E-state index in [1.165, 1.54) is 0 Å². The van der Waals surface area contributed by atoms with Crippen LogP contribution in [0.4, 0.5) is 0 Å². The van der Waals surface area contributed by atoms with Crippen molar-refractivity contribution >= 4 is 13.2 Å². The predicted molar refractivity (Wildman–Crippen MR) is 102 cm³/mol. The summed E-state index contributed by atoms with van der Waals surface area (Å²) in [5.41, 5.74) is 1.72. The lowest BCUT2D eigenvalue weighted by Crippen LogP contribution is -2.41. The topological polar surface area (TPSA) is 18.5 Å². The molecular formula is C21H25BO2. The molecule has 0 N–H and O–H groups in total. The molecule has 2 aromatic rings. The Hall–Kier alpha value is -1.84. The molecule has 0 spiro atoms. The van der Waals surface area contributed by atoms with Gasteiger partial charge in [-0.1, -0.05) is 60.6 Å². The highest BCUT2D eigenvalue weighted by Gasteiger charge is 2.49. The van der Waals surface area contributed by atoms with Gasteiger partial charge in [0, 0.05) is 4.11 Å². The van der Waals surface area contributed by atoms with E-state index in [1.54, 1.807) is 12.1 Å². The molecule has 3 heteroatoms. The standard InChI is InChI=1S/C21H25BO2/c1-16-17(12-9-13-19(16)18-10-7-6-8-11-18)14-15-22-23-20(2,3)21(4,5)24-22/h6-15H,1-5H3/b15-14+/i1D3. The summed E-state index contributed by atoms with van der Waals surface area (Å²) in [6.45, 7) is 5.73. The lowest BCUT2D eigenvalue weighted by atomic mass is 9.87. The first-order valence-electron chi connectivity index (χ1n) is 9.74. The van der Waals surface area contributed by atoms with Gasteiger partial charge < -0.3 is 9.31 Å². The molecule has 1 aliphatic heterocycles. The van der Waals surface area contributed by atoms with Gasteiger partial charge in [-0.3, -0.25) is 0 Å². The zero-order chi connectivity index (χ0) is 19.9. The largest absolute Gasteiger partial charge is 0.487 e.